The average Bonchev–Trinajstić information content (AvgIpc) is 2.53. The van der Waals surface area contributed by atoms with E-state index in [-0.39, 0.29) is 0 Å². The molecule has 0 N–H and O–H groups in total. The molecular weight excluding hydrogens is 148 g/mol. The van der Waals surface area contributed by atoms with Crippen molar-refractivity contribution >= 4 is 6.29 Å². The Morgan fingerprint density at radius 2 is 2.17 bits per heavy atom. The first-order valence-electron chi connectivity index (χ1n) is 4.39. The summed E-state index contributed by atoms with van der Waals surface area (Å²) >= 11 is 0. The Bertz CT molecular complexity index is 326. The van der Waals surface area contributed by atoms with Gasteiger partial charge in [-0.25, -0.2) is 0 Å². The highest BCUT2D eigenvalue weighted by molar-refractivity contribution is 5.78. The number of aryl methyl sites for hydroxylation is 1. The molecule has 0 aliphatic heterocycles. The molecule has 0 amide bonds. The molecule has 0 atom stereocenters. The minimum atomic E-state index is 0.857. The maximum atomic E-state index is 10.6. The molecule has 12 heavy (non-hydrogen) atoms. The van der Waals surface area contributed by atoms with Crippen molar-refractivity contribution in [3.8, 4) is 0 Å². The van der Waals surface area contributed by atoms with Gasteiger partial charge in [-0.05, 0) is 42.9 Å². The first kappa shape index (κ1) is 7.53. The molecule has 1 aromatic carbocycles. The Morgan fingerprint density at radius 3 is 2.92 bits per heavy atom. The summed E-state index contributed by atoms with van der Waals surface area (Å²) < 4.78 is 0. The highest BCUT2D eigenvalue weighted by Crippen LogP contribution is 2.26. The van der Waals surface area contributed by atoms with E-state index in [1.807, 2.05) is 13.0 Å². The maximum absolute atomic E-state index is 10.6. The zero-order valence-electron chi connectivity index (χ0n) is 7.26. The number of hydrogen-bond acceptors (Lipinski definition) is 1. The minimum Gasteiger partial charge on any atom is -0.298 e. The number of carbonyl (C=O) groups excluding carboxylic acids is 1. The lowest BCUT2D eigenvalue weighted by Gasteiger charge is -2.05. The Labute approximate surface area is 72.4 Å². The topological polar surface area (TPSA) is 17.1 Å². The Morgan fingerprint density at radius 1 is 1.33 bits per heavy atom. The van der Waals surface area contributed by atoms with Gasteiger partial charge in [0.1, 0.15) is 6.29 Å². The molecule has 62 valence electrons. The van der Waals surface area contributed by atoms with E-state index in [1.54, 1.807) is 0 Å². The highest BCUT2D eigenvalue weighted by atomic mass is 16.1. The summed E-state index contributed by atoms with van der Waals surface area (Å²) in [7, 11) is 0. The van der Waals surface area contributed by atoms with Gasteiger partial charge in [0.25, 0.3) is 0 Å². The fourth-order valence-electron chi connectivity index (χ4n) is 2.00. The van der Waals surface area contributed by atoms with Crippen molar-refractivity contribution in [3.63, 3.8) is 0 Å². The lowest BCUT2D eigenvalue weighted by molar-refractivity contribution is 0.112. The number of hydrogen-bond donors (Lipinski definition) is 0. The molecule has 0 unspecified atom stereocenters. The molecule has 1 aliphatic carbocycles. The van der Waals surface area contributed by atoms with Gasteiger partial charge in [-0.3, -0.25) is 4.79 Å². The van der Waals surface area contributed by atoms with Crippen molar-refractivity contribution in [2.75, 3.05) is 0 Å². The van der Waals surface area contributed by atoms with Crippen molar-refractivity contribution in [2.45, 2.75) is 26.2 Å². The second-order valence-corrected chi connectivity index (χ2v) is 3.39. The summed E-state index contributed by atoms with van der Waals surface area (Å²) in [6.45, 7) is 2.05. The molecule has 0 bridgehead atoms. The highest BCUT2D eigenvalue weighted by Gasteiger charge is 2.14. The zero-order chi connectivity index (χ0) is 8.55. The van der Waals surface area contributed by atoms with Crippen LogP contribution in [0.1, 0.15) is 33.5 Å². The molecule has 0 aromatic heterocycles. The average molecular weight is 160 g/mol. The van der Waals surface area contributed by atoms with Crippen molar-refractivity contribution in [1.82, 2.24) is 0 Å². The van der Waals surface area contributed by atoms with E-state index < -0.39 is 0 Å². The molecule has 1 nitrogen and oxygen atoms in total. The largest absolute Gasteiger partial charge is 0.298 e. The van der Waals surface area contributed by atoms with Crippen molar-refractivity contribution in [2.24, 2.45) is 0 Å². The van der Waals surface area contributed by atoms with E-state index in [0.717, 1.165) is 18.3 Å². The molecular formula is C11H12O. The van der Waals surface area contributed by atoms with Crippen LogP contribution in [0, 0.1) is 6.92 Å². The lowest BCUT2D eigenvalue weighted by atomic mass is 10.00. The number of carbonyl (C=O) groups is 1. The quantitative estimate of drug-likeness (QED) is 0.576. The van der Waals surface area contributed by atoms with Crippen molar-refractivity contribution < 1.29 is 4.79 Å². The van der Waals surface area contributed by atoms with Gasteiger partial charge in [-0.15, -0.1) is 0 Å². The van der Waals surface area contributed by atoms with Crippen LogP contribution < -0.4 is 0 Å². The van der Waals surface area contributed by atoms with Crippen LogP contribution >= 0.6 is 0 Å². The third-order valence-corrected chi connectivity index (χ3v) is 2.74. The fraction of sp³-hybridized carbons (Fsp3) is 0.364. The van der Waals surface area contributed by atoms with Gasteiger partial charge in [0.2, 0.25) is 0 Å². The first-order valence-corrected chi connectivity index (χ1v) is 4.39. The molecule has 2 rings (SSSR count). The molecule has 0 spiro atoms. The predicted molar refractivity (Wildman–Crippen MR) is 48.6 cm³/mol. The Balaban J connectivity index is 2.61. The molecule has 0 heterocycles. The minimum absolute atomic E-state index is 0.857. The first-order chi connectivity index (χ1) is 5.83. The third kappa shape index (κ3) is 0.970. The van der Waals surface area contributed by atoms with E-state index in [2.05, 4.69) is 6.07 Å². The zero-order valence-corrected chi connectivity index (χ0v) is 7.26. The van der Waals surface area contributed by atoms with E-state index in [4.69, 9.17) is 0 Å². The van der Waals surface area contributed by atoms with E-state index in [1.165, 1.54) is 29.5 Å². The maximum Gasteiger partial charge on any atom is 0.150 e. The molecule has 0 radical (unpaired) electrons. The van der Waals surface area contributed by atoms with Gasteiger partial charge in [-0.1, -0.05) is 12.1 Å². The van der Waals surface area contributed by atoms with Crippen LogP contribution in [-0.2, 0) is 12.8 Å². The van der Waals surface area contributed by atoms with Crippen molar-refractivity contribution in [3.05, 3.63) is 34.4 Å². The van der Waals surface area contributed by atoms with E-state index >= 15 is 0 Å². The number of rotatable bonds is 1. The summed E-state index contributed by atoms with van der Waals surface area (Å²) in [6, 6.07) is 4.03. The van der Waals surface area contributed by atoms with Crippen LogP contribution in [0.25, 0.3) is 0 Å². The predicted octanol–water partition coefficient (Wildman–Crippen LogP) is 2.30. The Hall–Kier alpha value is -1.11. The van der Waals surface area contributed by atoms with Crippen LogP contribution in [0.5, 0.6) is 0 Å². The van der Waals surface area contributed by atoms with E-state index in [9.17, 15) is 4.79 Å². The smallest absolute Gasteiger partial charge is 0.150 e. The summed E-state index contributed by atoms with van der Waals surface area (Å²) in [5.74, 6) is 0. The van der Waals surface area contributed by atoms with Crippen molar-refractivity contribution in [1.29, 1.82) is 0 Å². The number of benzene rings is 1. The molecule has 0 fully saturated rings. The monoisotopic (exact) mass is 160 g/mol. The van der Waals surface area contributed by atoms with Gasteiger partial charge >= 0.3 is 0 Å². The second-order valence-electron chi connectivity index (χ2n) is 3.39. The van der Waals surface area contributed by atoms with Gasteiger partial charge in [-0.2, -0.15) is 0 Å². The number of fused-ring (bicyclic) bond motifs is 1. The Kier molecular flexibility index (Phi) is 1.72. The SMILES string of the molecule is Cc1c(C=O)ccc2c1CCC2. The lowest BCUT2D eigenvalue weighted by Crippen LogP contribution is -1.93. The molecule has 0 saturated carbocycles. The van der Waals surface area contributed by atoms with Crippen LogP contribution in [0.3, 0.4) is 0 Å². The molecule has 0 saturated heterocycles. The third-order valence-electron chi connectivity index (χ3n) is 2.74. The molecule has 1 aromatic rings. The van der Waals surface area contributed by atoms with Crippen LogP contribution in [0.4, 0.5) is 0 Å². The van der Waals surface area contributed by atoms with Gasteiger partial charge in [0.05, 0.1) is 0 Å². The van der Waals surface area contributed by atoms with Crippen LogP contribution in [0.15, 0.2) is 12.1 Å². The van der Waals surface area contributed by atoms with Crippen LogP contribution in [-0.4, -0.2) is 6.29 Å². The summed E-state index contributed by atoms with van der Waals surface area (Å²) in [6.07, 6.45) is 4.55. The fourth-order valence-corrected chi connectivity index (χ4v) is 2.00. The second kappa shape index (κ2) is 2.74. The summed E-state index contributed by atoms with van der Waals surface area (Å²) in [5, 5.41) is 0. The molecule has 1 aliphatic rings. The number of aldehydes is 1. The normalized spacial score (nSPS) is 14.4. The molecule has 1 heteroatoms. The van der Waals surface area contributed by atoms with E-state index in [0.29, 0.717) is 0 Å². The summed E-state index contributed by atoms with van der Waals surface area (Å²) in [5.41, 5.74) is 4.91. The van der Waals surface area contributed by atoms with Gasteiger partial charge in [0, 0.05) is 5.56 Å². The van der Waals surface area contributed by atoms with Gasteiger partial charge in [0.15, 0.2) is 0 Å². The summed E-state index contributed by atoms with van der Waals surface area (Å²) in [4.78, 5) is 10.6. The standard InChI is InChI=1S/C11H12O/c1-8-10(7-12)6-5-9-3-2-4-11(8)9/h5-7H,2-4H2,1H3. The van der Waals surface area contributed by atoms with Crippen LogP contribution in [0.2, 0.25) is 0 Å². The van der Waals surface area contributed by atoms with Gasteiger partial charge < -0.3 is 0 Å².